The third-order valence-electron chi connectivity index (χ3n) is 3.89. The van der Waals surface area contributed by atoms with Crippen LogP contribution >= 0.6 is 0 Å². The SMILES string of the molecule is CC(=O)N1CCc2ccc(NS(=O)(=O)C3CC3)cc2C1. The summed E-state index contributed by atoms with van der Waals surface area (Å²) in [5.41, 5.74) is 2.82. The minimum atomic E-state index is -3.23. The van der Waals surface area contributed by atoms with E-state index in [9.17, 15) is 13.2 Å². The summed E-state index contributed by atoms with van der Waals surface area (Å²) in [5, 5.41) is -0.229. The highest BCUT2D eigenvalue weighted by atomic mass is 32.2. The van der Waals surface area contributed by atoms with Crippen molar-refractivity contribution in [2.45, 2.75) is 38.0 Å². The largest absolute Gasteiger partial charge is 0.338 e. The molecule has 1 aliphatic heterocycles. The Morgan fingerprint density at radius 1 is 1.30 bits per heavy atom. The Kier molecular flexibility index (Phi) is 3.20. The lowest BCUT2D eigenvalue weighted by atomic mass is 9.99. The molecule has 6 heteroatoms. The monoisotopic (exact) mass is 294 g/mol. The minimum absolute atomic E-state index is 0.0552. The molecule has 2 aliphatic rings. The van der Waals surface area contributed by atoms with Crippen molar-refractivity contribution in [1.82, 2.24) is 4.90 Å². The molecule has 1 heterocycles. The third-order valence-corrected chi connectivity index (χ3v) is 5.76. The fourth-order valence-corrected chi connectivity index (χ4v) is 3.89. The molecule has 1 saturated carbocycles. The van der Waals surface area contributed by atoms with Crippen LogP contribution in [0.25, 0.3) is 0 Å². The first-order valence-electron chi connectivity index (χ1n) is 6.84. The number of carbonyl (C=O) groups excluding carboxylic acids is 1. The van der Waals surface area contributed by atoms with Crippen molar-refractivity contribution in [3.63, 3.8) is 0 Å². The number of hydrogen-bond acceptors (Lipinski definition) is 3. The van der Waals surface area contributed by atoms with Crippen molar-refractivity contribution in [3.8, 4) is 0 Å². The van der Waals surface area contributed by atoms with Crippen molar-refractivity contribution >= 4 is 21.6 Å². The van der Waals surface area contributed by atoms with Crippen LogP contribution in [0.3, 0.4) is 0 Å². The Morgan fingerprint density at radius 3 is 2.70 bits per heavy atom. The Balaban J connectivity index is 1.82. The van der Waals surface area contributed by atoms with E-state index in [1.807, 2.05) is 18.2 Å². The first-order chi connectivity index (χ1) is 9.45. The van der Waals surface area contributed by atoms with Crippen LogP contribution < -0.4 is 4.72 Å². The summed E-state index contributed by atoms with van der Waals surface area (Å²) in [6.07, 6.45) is 2.32. The van der Waals surface area contributed by atoms with Gasteiger partial charge in [-0.3, -0.25) is 9.52 Å². The van der Waals surface area contributed by atoms with Crippen LogP contribution in [0.4, 0.5) is 5.69 Å². The van der Waals surface area contributed by atoms with E-state index in [0.717, 1.165) is 31.4 Å². The second-order valence-corrected chi connectivity index (χ2v) is 7.48. The molecule has 0 radical (unpaired) electrons. The highest BCUT2D eigenvalue weighted by Crippen LogP contribution is 2.30. The molecule has 1 N–H and O–H groups in total. The Labute approximate surface area is 119 Å². The zero-order chi connectivity index (χ0) is 14.3. The molecule has 3 rings (SSSR count). The van der Waals surface area contributed by atoms with Crippen molar-refractivity contribution < 1.29 is 13.2 Å². The summed E-state index contributed by atoms with van der Waals surface area (Å²) in [5.74, 6) is 0.0552. The van der Waals surface area contributed by atoms with Gasteiger partial charge in [0.25, 0.3) is 0 Å². The van der Waals surface area contributed by atoms with Gasteiger partial charge in [-0.25, -0.2) is 8.42 Å². The highest BCUT2D eigenvalue weighted by molar-refractivity contribution is 7.93. The lowest BCUT2D eigenvalue weighted by Gasteiger charge is -2.28. The molecule has 1 aromatic rings. The number of nitrogens with zero attached hydrogens (tertiary/aromatic N) is 1. The van der Waals surface area contributed by atoms with Crippen molar-refractivity contribution in [1.29, 1.82) is 0 Å². The van der Waals surface area contributed by atoms with Gasteiger partial charge in [0, 0.05) is 25.7 Å². The van der Waals surface area contributed by atoms with Crippen molar-refractivity contribution in [2.75, 3.05) is 11.3 Å². The maximum Gasteiger partial charge on any atom is 0.235 e. The molecule has 1 aromatic carbocycles. The lowest BCUT2D eigenvalue weighted by molar-refractivity contribution is -0.129. The van der Waals surface area contributed by atoms with Crippen LogP contribution in [0.1, 0.15) is 30.9 Å². The van der Waals surface area contributed by atoms with Crippen molar-refractivity contribution in [3.05, 3.63) is 29.3 Å². The normalized spacial score (nSPS) is 18.6. The lowest BCUT2D eigenvalue weighted by Crippen LogP contribution is -2.34. The number of anilines is 1. The minimum Gasteiger partial charge on any atom is -0.338 e. The zero-order valence-corrected chi connectivity index (χ0v) is 12.2. The molecule has 108 valence electrons. The predicted molar refractivity (Wildman–Crippen MR) is 76.8 cm³/mol. The number of hydrogen-bond donors (Lipinski definition) is 1. The van der Waals surface area contributed by atoms with E-state index in [4.69, 9.17) is 0 Å². The molecule has 1 amide bonds. The van der Waals surface area contributed by atoms with E-state index in [1.54, 1.807) is 11.8 Å². The number of sulfonamides is 1. The quantitative estimate of drug-likeness (QED) is 0.918. The smallest absolute Gasteiger partial charge is 0.235 e. The van der Waals surface area contributed by atoms with Crippen LogP contribution in [0, 0.1) is 0 Å². The van der Waals surface area contributed by atoms with Crippen LogP contribution in [-0.4, -0.2) is 31.0 Å². The number of amides is 1. The Hall–Kier alpha value is -1.56. The van der Waals surface area contributed by atoms with E-state index in [1.165, 1.54) is 5.56 Å². The highest BCUT2D eigenvalue weighted by Gasteiger charge is 2.35. The summed E-state index contributed by atoms with van der Waals surface area (Å²) in [6.45, 7) is 2.85. The molecule has 20 heavy (non-hydrogen) atoms. The van der Waals surface area contributed by atoms with E-state index in [0.29, 0.717) is 12.2 Å². The van der Waals surface area contributed by atoms with E-state index in [-0.39, 0.29) is 11.2 Å². The fourth-order valence-electron chi connectivity index (χ4n) is 2.52. The van der Waals surface area contributed by atoms with Crippen molar-refractivity contribution in [2.24, 2.45) is 0 Å². The molecular weight excluding hydrogens is 276 g/mol. The van der Waals surface area contributed by atoms with E-state index >= 15 is 0 Å². The third kappa shape index (κ3) is 2.65. The first-order valence-corrected chi connectivity index (χ1v) is 8.39. The maximum atomic E-state index is 11.9. The number of benzene rings is 1. The second kappa shape index (κ2) is 4.77. The van der Waals surface area contributed by atoms with Gasteiger partial charge < -0.3 is 4.90 Å². The number of rotatable bonds is 3. The second-order valence-electron chi connectivity index (χ2n) is 5.52. The summed E-state index contributed by atoms with van der Waals surface area (Å²) >= 11 is 0. The van der Waals surface area contributed by atoms with Crippen LogP contribution in [-0.2, 0) is 27.8 Å². The van der Waals surface area contributed by atoms with Gasteiger partial charge in [-0.2, -0.15) is 0 Å². The van der Waals surface area contributed by atoms with Gasteiger partial charge in [0.1, 0.15) is 0 Å². The Bertz CT molecular complexity index is 650. The molecule has 0 aromatic heterocycles. The van der Waals surface area contributed by atoms with Crippen LogP contribution in [0.15, 0.2) is 18.2 Å². The summed E-state index contributed by atoms with van der Waals surface area (Å²) in [7, 11) is -3.23. The summed E-state index contributed by atoms with van der Waals surface area (Å²) in [4.78, 5) is 13.2. The van der Waals surface area contributed by atoms with Gasteiger partial charge in [-0.15, -0.1) is 0 Å². The number of carbonyl (C=O) groups is 1. The topological polar surface area (TPSA) is 66.5 Å². The maximum absolute atomic E-state index is 11.9. The van der Waals surface area contributed by atoms with Gasteiger partial charge in [0.15, 0.2) is 0 Å². The van der Waals surface area contributed by atoms with Gasteiger partial charge in [-0.05, 0) is 42.5 Å². The molecule has 0 atom stereocenters. The van der Waals surface area contributed by atoms with Crippen LogP contribution in [0.5, 0.6) is 0 Å². The van der Waals surface area contributed by atoms with Gasteiger partial charge in [0.05, 0.1) is 5.25 Å². The molecule has 1 fully saturated rings. The van der Waals surface area contributed by atoms with Gasteiger partial charge in [0.2, 0.25) is 15.9 Å². The molecule has 5 nitrogen and oxygen atoms in total. The molecule has 0 saturated heterocycles. The van der Waals surface area contributed by atoms with Crippen LogP contribution in [0.2, 0.25) is 0 Å². The summed E-state index contributed by atoms with van der Waals surface area (Å²) < 4.78 is 26.5. The van der Waals surface area contributed by atoms with Gasteiger partial charge in [-0.1, -0.05) is 6.07 Å². The molecule has 0 spiro atoms. The zero-order valence-electron chi connectivity index (χ0n) is 11.4. The predicted octanol–water partition coefficient (Wildman–Crippen LogP) is 1.50. The molecular formula is C14H18N2O3S. The average Bonchev–Trinajstić information content (AvgIpc) is 3.22. The number of fused-ring (bicyclic) bond motifs is 1. The first kappa shape index (κ1) is 13.4. The van der Waals surface area contributed by atoms with E-state index < -0.39 is 10.0 Å². The Morgan fingerprint density at radius 2 is 2.05 bits per heavy atom. The fraction of sp³-hybridized carbons (Fsp3) is 0.500. The molecule has 1 aliphatic carbocycles. The van der Waals surface area contributed by atoms with Gasteiger partial charge >= 0.3 is 0 Å². The number of nitrogens with one attached hydrogen (secondary N) is 1. The standard InChI is InChI=1S/C14H18N2O3S/c1-10(17)16-7-6-11-2-3-13(8-12(11)9-16)15-20(18,19)14-4-5-14/h2-3,8,14-15H,4-7,9H2,1H3. The van der Waals surface area contributed by atoms with E-state index in [2.05, 4.69) is 4.72 Å². The average molecular weight is 294 g/mol. The molecule has 0 bridgehead atoms. The summed E-state index contributed by atoms with van der Waals surface area (Å²) in [6, 6.07) is 5.62. The molecule has 0 unspecified atom stereocenters.